The normalized spacial score (nSPS) is 33.9. The van der Waals surface area contributed by atoms with Gasteiger partial charge in [-0.25, -0.2) is 0 Å². The molecular weight excluding hydrogens is 237 g/mol. The van der Waals surface area contributed by atoms with Crippen LogP contribution in [0.3, 0.4) is 0 Å². The Morgan fingerprint density at radius 1 is 1.31 bits per heavy atom. The van der Waals surface area contributed by atoms with Crippen LogP contribution < -0.4 is 5.32 Å². The number of nitrogens with one attached hydrogen (secondary N) is 1. The number of hydrogen-bond acceptors (Lipinski definition) is 3. The fourth-order valence-corrected chi connectivity index (χ4v) is 3.61. The van der Waals surface area contributed by atoms with Crippen LogP contribution in [0.5, 0.6) is 0 Å². The number of nitrogens with zero attached hydrogens (tertiary/aromatic N) is 1. The fourth-order valence-electron chi connectivity index (χ4n) is 2.45. The number of alkyl halides is 3. The lowest BCUT2D eigenvalue weighted by Crippen LogP contribution is -2.61. The second kappa shape index (κ2) is 5.14. The Kier molecular flexibility index (Phi) is 4.02. The first kappa shape index (κ1) is 12.5. The van der Waals surface area contributed by atoms with E-state index in [9.17, 15) is 13.2 Å². The first-order chi connectivity index (χ1) is 7.59. The quantitative estimate of drug-likeness (QED) is 0.767. The summed E-state index contributed by atoms with van der Waals surface area (Å²) in [4.78, 5) is 1.67. The maximum Gasteiger partial charge on any atom is 0.405 e. The molecule has 0 aromatic carbocycles. The van der Waals surface area contributed by atoms with Crippen LogP contribution in [0.1, 0.15) is 12.8 Å². The van der Waals surface area contributed by atoms with Gasteiger partial charge in [0.05, 0.1) is 0 Å². The summed E-state index contributed by atoms with van der Waals surface area (Å²) in [5.41, 5.74) is 0. The van der Waals surface area contributed by atoms with E-state index >= 15 is 0 Å². The minimum Gasteiger partial charge on any atom is -0.314 e. The van der Waals surface area contributed by atoms with E-state index in [1.165, 1.54) is 0 Å². The van der Waals surface area contributed by atoms with E-state index in [-0.39, 0.29) is 12.6 Å². The highest BCUT2D eigenvalue weighted by Gasteiger charge is 2.46. The van der Waals surface area contributed by atoms with Gasteiger partial charge >= 0.3 is 6.18 Å². The maximum atomic E-state index is 12.9. The lowest BCUT2D eigenvalue weighted by molar-refractivity contribution is -0.192. The molecule has 16 heavy (non-hydrogen) atoms. The number of hydrogen-bond donors (Lipinski definition) is 1. The number of halogens is 3. The van der Waals surface area contributed by atoms with E-state index in [1.54, 1.807) is 16.7 Å². The Morgan fingerprint density at radius 2 is 2.12 bits per heavy atom. The average molecular weight is 254 g/mol. The molecule has 2 rings (SSSR count). The molecule has 6 heteroatoms. The van der Waals surface area contributed by atoms with Crippen molar-refractivity contribution in [2.24, 2.45) is 0 Å². The van der Waals surface area contributed by atoms with Gasteiger partial charge in [-0.1, -0.05) is 0 Å². The van der Waals surface area contributed by atoms with Crippen molar-refractivity contribution in [2.45, 2.75) is 31.1 Å². The van der Waals surface area contributed by atoms with Crippen LogP contribution in [0.15, 0.2) is 0 Å². The molecule has 0 spiro atoms. The van der Waals surface area contributed by atoms with Crippen LogP contribution in [-0.2, 0) is 0 Å². The summed E-state index contributed by atoms with van der Waals surface area (Å²) in [6.45, 7) is 1.24. The topological polar surface area (TPSA) is 15.3 Å². The highest BCUT2D eigenvalue weighted by molar-refractivity contribution is 7.99. The molecular formula is C10H17F3N2S. The largest absolute Gasteiger partial charge is 0.405 e. The minimum absolute atomic E-state index is 0.0463. The van der Waals surface area contributed by atoms with Gasteiger partial charge in [0.2, 0.25) is 0 Å². The van der Waals surface area contributed by atoms with Gasteiger partial charge in [0.15, 0.2) is 0 Å². The zero-order valence-corrected chi connectivity index (χ0v) is 9.91. The molecule has 2 aliphatic heterocycles. The summed E-state index contributed by atoms with van der Waals surface area (Å²) in [5, 5.41) is 2.84. The molecule has 1 N–H and O–H groups in total. The maximum absolute atomic E-state index is 12.9. The van der Waals surface area contributed by atoms with Crippen LogP contribution in [0, 0.1) is 0 Å². The fraction of sp³-hybridized carbons (Fsp3) is 1.00. The monoisotopic (exact) mass is 254 g/mol. The summed E-state index contributed by atoms with van der Waals surface area (Å²) >= 11 is 1.78. The summed E-state index contributed by atoms with van der Waals surface area (Å²) in [5.74, 6) is 1.95. The van der Waals surface area contributed by atoms with Gasteiger partial charge in [0, 0.05) is 31.4 Å². The van der Waals surface area contributed by atoms with Crippen molar-refractivity contribution in [1.29, 1.82) is 0 Å². The van der Waals surface area contributed by atoms with Crippen LogP contribution >= 0.6 is 11.8 Å². The van der Waals surface area contributed by atoms with Gasteiger partial charge in [-0.15, -0.1) is 0 Å². The van der Waals surface area contributed by atoms with Gasteiger partial charge < -0.3 is 5.32 Å². The second-order valence-electron chi connectivity index (χ2n) is 4.37. The van der Waals surface area contributed by atoms with E-state index < -0.39 is 12.2 Å². The lowest BCUT2D eigenvalue weighted by atomic mass is 10.1. The van der Waals surface area contributed by atoms with Crippen molar-refractivity contribution in [1.82, 2.24) is 10.2 Å². The van der Waals surface area contributed by atoms with Gasteiger partial charge in [0.25, 0.3) is 0 Å². The highest BCUT2D eigenvalue weighted by atomic mass is 32.2. The van der Waals surface area contributed by atoms with Crippen molar-refractivity contribution in [3.63, 3.8) is 0 Å². The van der Waals surface area contributed by atoms with Crippen LogP contribution in [0.4, 0.5) is 13.2 Å². The summed E-state index contributed by atoms with van der Waals surface area (Å²) < 4.78 is 38.6. The Balaban J connectivity index is 2.03. The zero-order chi connectivity index (χ0) is 11.6. The van der Waals surface area contributed by atoms with Gasteiger partial charge in [-0.05, 0) is 18.6 Å². The molecule has 0 amide bonds. The third-order valence-corrected chi connectivity index (χ3v) is 4.47. The van der Waals surface area contributed by atoms with Crippen molar-refractivity contribution >= 4 is 11.8 Å². The highest BCUT2D eigenvalue weighted by Crippen LogP contribution is 2.31. The van der Waals surface area contributed by atoms with Crippen LogP contribution in [0.2, 0.25) is 0 Å². The smallest absolute Gasteiger partial charge is 0.314 e. The Labute approximate surface area is 97.9 Å². The molecule has 0 aromatic rings. The van der Waals surface area contributed by atoms with Crippen molar-refractivity contribution in [3.8, 4) is 0 Å². The summed E-state index contributed by atoms with van der Waals surface area (Å²) in [6, 6.07) is -1.17. The number of thioether (sulfide) groups is 1. The summed E-state index contributed by atoms with van der Waals surface area (Å²) in [7, 11) is 0. The molecule has 0 aromatic heterocycles. The summed E-state index contributed by atoms with van der Waals surface area (Å²) in [6.07, 6.45) is -2.14. The SMILES string of the molecule is FC(F)(F)C1CNCCN1C1CCCSC1. The van der Waals surface area contributed by atoms with Gasteiger partial charge in [-0.2, -0.15) is 24.9 Å². The minimum atomic E-state index is -4.10. The number of rotatable bonds is 1. The van der Waals surface area contributed by atoms with E-state index in [4.69, 9.17) is 0 Å². The Hall–Kier alpha value is 0.0600. The van der Waals surface area contributed by atoms with E-state index in [1.807, 2.05) is 0 Å². The average Bonchev–Trinajstić information content (AvgIpc) is 2.29. The molecule has 0 aliphatic carbocycles. The molecule has 2 unspecified atom stereocenters. The molecule has 2 saturated heterocycles. The molecule has 2 nitrogen and oxygen atoms in total. The van der Waals surface area contributed by atoms with E-state index in [0.29, 0.717) is 13.1 Å². The predicted molar refractivity (Wildman–Crippen MR) is 59.8 cm³/mol. The standard InChI is InChI=1S/C10H17F3N2S/c11-10(12,13)9-6-14-3-4-15(9)8-2-1-5-16-7-8/h8-9,14H,1-7H2. The van der Waals surface area contributed by atoms with Crippen molar-refractivity contribution in [2.75, 3.05) is 31.1 Å². The molecule has 2 atom stereocenters. The van der Waals surface area contributed by atoms with Gasteiger partial charge in [0.1, 0.15) is 6.04 Å². The van der Waals surface area contributed by atoms with Crippen LogP contribution in [-0.4, -0.2) is 54.3 Å². The number of piperazine rings is 1. The molecule has 0 bridgehead atoms. The third kappa shape index (κ3) is 2.84. The van der Waals surface area contributed by atoms with Crippen molar-refractivity contribution < 1.29 is 13.2 Å². The molecule has 2 aliphatic rings. The first-order valence-electron chi connectivity index (χ1n) is 5.70. The second-order valence-corrected chi connectivity index (χ2v) is 5.52. The molecule has 0 radical (unpaired) electrons. The Bertz CT molecular complexity index is 229. The third-order valence-electron chi connectivity index (χ3n) is 3.27. The lowest BCUT2D eigenvalue weighted by Gasteiger charge is -2.43. The Morgan fingerprint density at radius 3 is 2.75 bits per heavy atom. The predicted octanol–water partition coefficient (Wildman–Crippen LogP) is 1.72. The van der Waals surface area contributed by atoms with Crippen molar-refractivity contribution in [3.05, 3.63) is 0 Å². The van der Waals surface area contributed by atoms with Gasteiger partial charge in [-0.3, -0.25) is 4.90 Å². The molecule has 2 heterocycles. The van der Waals surface area contributed by atoms with E-state index in [2.05, 4.69) is 5.32 Å². The van der Waals surface area contributed by atoms with E-state index in [0.717, 1.165) is 24.3 Å². The molecule has 94 valence electrons. The molecule has 0 saturated carbocycles. The first-order valence-corrected chi connectivity index (χ1v) is 6.85. The molecule has 2 fully saturated rings. The zero-order valence-electron chi connectivity index (χ0n) is 9.09. The van der Waals surface area contributed by atoms with Crippen LogP contribution in [0.25, 0.3) is 0 Å².